The van der Waals surface area contributed by atoms with Gasteiger partial charge in [0.05, 0.1) is 15.6 Å². The van der Waals surface area contributed by atoms with E-state index in [0.717, 1.165) is 48.3 Å². The van der Waals surface area contributed by atoms with Crippen molar-refractivity contribution in [1.29, 1.82) is 0 Å². The molecule has 8 heteroatoms. The minimum Gasteiger partial charge on any atom is -0.356 e. The molecule has 27 heavy (non-hydrogen) atoms. The van der Waals surface area contributed by atoms with Crippen LogP contribution in [0.1, 0.15) is 15.6 Å². The van der Waals surface area contributed by atoms with Gasteiger partial charge in [0.1, 0.15) is 0 Å². The highest BCUT2D eigenvalue weighted by Crippen LogP contribution is 2.29. The van der Waals surface area contributed by atoms with Crippen LogP contribution >= 0.6 is 46.7 Å². The SMILES string of the molecule is CN=C(NCCc1ccccn1)NCCc1ccc(-c2csc(C)n2)s1.I. The van der Waals surface area contributed by atoms with E-state index < -0.39 is 0 Å². The molecule has 0 spiro atoms. The number of aryl methyl sites for hydroxylation is 1. The lowest BCUT2D eigenvalue weighted by Gasteiger charge is -2.11. The lowest BCUT2D eigenvalue weighted by Crippen LogP contribution is -2.39. The number of nitrogens with one attached hydrogen (secondary N) is 2. The summed E-state index contributed by atoms with van der Waals surface area (Å²) in [6, 6.07) is 10.3. The summed E-state index contributed by atoms with van der Waals surface area (Å²) in [5, 5.41) is 9.93. The van der Waals surface area contributed by atoms with Crippen LogP contribution in [0.25, 0.3) is 10.6 Å². The molecule has 0 aromatic carbocycles. The van der Waals surface area contributed by atoms with Crippen LogP contribution in [0.5, 0.6) is 0 Å². The quantitative estimate of drug-likeness (QED) is 0.283. The Hall–Kier alpha value is -1.52. The lowest BCUT2D eigenvalue weighted by molar-refractivity contribution is 0.779. The van der Waals surface area contributed by atoms with Gasteiger partial charge in [0.25, 0.3) is 0 Å². The number of thiophene rings is 1. The van der Waals surface area contributed by atoms with Gasteiger partial charge >= 0.3 is 0 Å². The second-order valence-electron chi connectivity index (χ2n) is 5.76. The largest absolute Gasteiger partial charge is 0.356 e. The first-order valence-electron chi connectivity index (χ1n) is 8.60. The monoisotopic (exact) mass is 513 g/mol. The third-order valence-electron chi connectivity index (χ3n) is 3.82. The number of hydrogen-bond acceptors (Lipinski definition) is 5. The summed E-state index contributed by atoms with van der Waals surface area (Å²) in [6.45, 7) is 3.70. The number of halogens is 1. The van der Waals surface area contributed by atoms with E-state index in [2.05, 4.69) is 43.1 Å². The Balaban J connectivity index is 0.00000261. The van der Waals surface area contributed by atoms with E-state index >= 15 is 0 Å². The van der Waals surface area contributed by atoms with Gasteiger partial charge in [-0.05, 0) is 37.6 Å². The van der Waals surface area contributed by atoms with Crippen LogP contribution in [0.15, 0.2) is 46.9 Å². The number of hydrogen-bond donors (Lipinski definition) is 2. The highest BCUT2D eigenvalue weighted by atomic mass is 127. The number of thiazole rings is 1. The van der Waals surface area contributed by atoms with Crippen molar-refractivity contribution in [3.8, 4) is 10.6 Å². The van der Waals surface area contributed by atoms with Crippen molar-refractivity contribution in [2.75, 3.05) is 20.1 Å². The summed E-state index contributed by atoms with van der Waals surface area (Å²) >= 11 is 3.50. The molecular formula is C19H24IN5S2. The lowest BCUT2D eigenvalue weighted by atomic mass is 10.3. The summed E-state index contributed by atoms with van der Waals surface area (Å²) in [5.74, 6) is 0.827. The zero-order valence-corrected chi connectivity index (χ0v) is 19.4. The fourth-order valence-corrected chi connectivity index (χ4v) is 4.16. The predicted molar refractivity (Wildman–Crippen MR) is 127 cm³/mol. The van der Waals surface area contributed by atoms with Gasteiger partial charge in [-0.2, -0.15) is 0 Å². The fraction of sp³-hybridized carbons (Fsp3) is 0.316. The summed E-state index contributed by atoms with van der Waals surface area (Å²) in [7, 11) is 1.80. The van der Waals surface area contributed by atoms with E-state index in [4.69, 9.17) is 0 Å². The van der Waals surface area contributed by atoms with Gasteiger partial charge in [-0.15, -0.1) is 46.7 Å². The van der Waals surface area contributed by atoms with Crippen LogP contribution < -0.4 is 10.6 Å². The number of aromatic nitrogens is 2. The maximum Gasteiger partial charge on any atom is 0.191 e. The van der Waals surface area contributed by atoms with Crippen LogP contribution in [0.4, 0.5) is 0 Å². The van der Waals surface area contributed by atoms with Gasteiger partial charge in [0.15, 0.2) is 5.96 Å². The van der Waals surface area contributed by atoms with E-state index in [1.807, 2.05) is 42.7 Å². The molecule has 5 nitrogen and oxygen atoms in total. The normalized spacial score (nSPS) is 11.1. The maximum absolute atomic E-state index is 4.55. The zero-order chi connectivity index (χ0) is 18.2. The summed E-state index contributed by atoms with van der Waals surface area (Å²) < 4.78 is 0. The first kappa shape index (κ1) is 21.8. The van der Waals surface area contributed by atoms with E-state index in [9.17, 15) is 0 Å². The second-order valence-corrected chi connectivity index (χ2v) is 8.00. The number of nitrogens with zero attached hydrogens (tertiary/aromatic N) is 3. The first-order valence-corrected chi connectivity index (χ1v) is 10.3. The van der Waals surface area contributed by atoms with Crippen molar-refractivity contribution >= 4 is 52.6 Å². The molecule has 0 aliphatic heterocycles. The molecule has 2 N–H and O–H groups in total. The van der Waals surface area contributed by atoms with Gasteiger partial charge in [-0.25, -0.2) is 4.98 Å². The molecule has 0 amide bonds. The van der Waals surface area contributed by atoms with Crippen molar-refractivity contribution in [3.63, 3.8) is 0 Å². The standard InChI is InChI=1S/C19H23N5S2.HI/c1-14-24-17(13-25-14)18-7-6-16(26-18)9-12-23-19(20-2)22-11-8-15-5-3-4-10-21-15;/h3-7,10,13H,8-9,11-12H2,1-2H3,(H2,20,22,23);1H. The van der Waals surface area contributed by atoms with Crippen LogP contribution in [0.3, 0.4) is 0 Å². The highest BCUT2D eigenvalue weighted by molar-refractivity contribution is 14.0. The van der Waals surface area contributed by atoms with Crippen LogP contribution in [0.2, 0.25) is 0 Å². The van der Waals surface area contributed by atoms with Gasteiger partial charge < -0.3 is 10.6 Å². The predicted octanol–water partition coefficient (Wildman–Crippen LogP) is 4.14. The van der Waals surface area contributed by atoms with Crippen molar-refractivity contribution in [2.45, 2.75) is 19.8 Å². The third-order valence-corrected chi connectivity index (χ3v) is 5.76. The Labute approximate surface area is 185 Å². The number of rotatable bonds is 7. The first-order chi connectivity index (χ1) is 12.7. The van der Waals surface area contributed by atoms with Crippen molar-refractivity contribution in [2.24, 2.45) is 4.99 Å². The number of aliphatic imine (C=N–C) groups is 1. The summed E-state index contributed by atoms with van der Waals surface area (Å²) in [4.78, 5) is 15.7. The molecule has 0 bridgehead atoms. The number of pyridine rings is 1. The van der Waals surface area contributed by atoms with Crippen molar-refractivity contribution < 1.29 is 0 Å². The molecule has 3 aromatic rings. The van der Waals surface area contributed by atoms with E-state index in [1.54, 1.807) is 18.4 Å². The molecule has 0 aliphatic carbocycles. The molecule has 3 rings (SSSR count). The van der Waals surface area contributed by atoms with Gasteiger partial charge in [0.2, 0.25) is 0 Å². The van der Waals surface area contributed by atoms with E-state index in [0.29, 0.717) is 0 Å². The Bertz CT molecular complexity index is 845. The second kappa shape index (κ2) is 11.4. The third kappa shape index (κ3) is 6.86. The Kier molecular flexibility index (Phi) is 9.16. The molecule has 144 valence electrons. The Morgan fingerprint density at radius 2 is 1.93 bits per heavy atom. The smallest absolute Gasteiger partial charge is 0.191 e. The molecule has 0 saturated heterocycles. The molecule has 0 aliphatic rings. The highest BCUT2D eigenvalue weighted by Gasteiger charge is 2.06. The minimum atomic E-state index is 0. The molecule has 3 heterocycles. The van der Waals surface area contributed by atoms with Crippen molar-refractivity contribution in [3.05, 3.63) is 57.5 Å². The van der Waals surface area contributed by atoms with Gasteiger partial charge in [0, 0.05) is 48.7 Å². The molecule has 0 fully saturated rings. The molecular weight excluding hydrogens is 489 g/mol. The van der Waals surface area contributed by atoms with Crippen LogP contribution in [0, 0.1) is 6.92 Å². The maximum atomic E-state index is 4.55. The average Bonchev–Trinajstić information content (AvgIpc) is 3.30. The summed E-state index contributed by atoms with van der Waals surface area (Å²) in [5.41, 5.74) is 2.17. The Morgan fingerprint density at radius 1 is 1.11 bits per heavy atom. The molecule has 0 saturated carbocycles. The zero-order valence-electron chi connectivity index (χ0n) is 15.4. The van der Waals surface area contributed by atoms with Gasteiger partial charge in [-0.3, -0.25) is 9.98 Å². The number of guanidine groups is 1. The topological polar surface area (TPSA) is 62.2 Å². The van der Waals surface area contributed by atoms with Crippen LogP contribution in [-0.4, -0.2) is 36.1 Å². The molecule has 0 unspecified atom stereocenters. The van der Waals surface area contributed by atoms with E-state index in [1.165, 1.54) is 9.75 Å². The molecule has 0 radical (unpaired) electrons. The fourth-order valence-electron chi connectivity index (χ4n) is 2.51. The van der Waals surface area contributed by atoms with Gasteiger partial charge in [-0.1, -0.05) is 6.07 Å². The Morgan fingerprint density at radius 3 is 2.59 bits per heavy atom. The van der Waals surface area contributed by atoms with Crippen LogP contribution in [-0.2, 0) is 12.8 Å². The minimum absolute atomic E-state index is 0. The average molecular weight is 513 g/mol. The van der Waals surface area contributed by atoms with E-state index in [-0.39, 0.29) is 24.0 Å². The van der Waals surface area contributed by atoms with Crippen molar-refractivity contribution in [1.82, 2.24) is 20.6 Å². The molecule has 3 aromatic heterocycles. The summed E-state index contributed by atoms with van der Waals surface area (Å²) in [6.07, 6.45) is 3.67. The molecule has 0 atom stereocenters.